The topological polar surface area (TPSA) is 26.0 Å². The van der Waals surface area contributed by atoms with Crippen molar-refractivity contribution >= 4 is 0 Å². The summed E-state index contributed by atoms with van der Waals surface area (Å²) in [6.07, 6.45) is 5.18. The first kappa shape index (κ1) is 14.4. The SMILES string of the molecule is CCC1CCC(C(N)c2ccc(F)c(F)c2F)CC1. The van der Waals surface area contributed by atoms with Crippen molar-refractivity contribution in [1.29, 1.82) is 0 Å². The van der Waals surface area contributed by atoms with Gasteiger partial charge in [-0.1, -0.05) is 32.3 Å². The molecule has 2 rings (SSSR count). The third-order valence-corrected chi connectivity index (χ3v) is 4.40. The minimum absolute atomic E-state index is 0.0962. The summed E-state index contributed by atoms with van der Waals surface area (Å²) in [4.78, 5) is 0. The number of rotatable bonds is 3. The highest BCUT2D eigenvalue weighted by molar-refractivity contribution is 5.24. The summed E-state index contributed by atoms with van der Waals surface area (Å²) in [5.41, 5.74) is 6.14. The first-order valence-electron chi connectivity index (χ1n) is 6.93. The Morgan fingerprint density at radius 1 is 1.11 bits per heavy atom. The molecule has 0 bridgehead atoms. The van der Waals surface area contributed by atoms with E-state index in [0.29, 0.717) is 0 Å². The third-order valence-electron chi connectivity index (χ3n) is 4.40. The number of hydrogen-bond donors (Lipinski definition) is 1. The van der Waals surface area contributed by atoms with E-state index in [9.17, 15) is 13.2 Å². The lowest BCUT2D eigenvalue weighted by atomic mass is 9.76. The van der Waals surface area contributed by atoms with Crippen molar-refractivity contribution in [3.8, 4) is 0 Å². The molecule has 106 valence electrons. The van der Waals surface area contributed by atoms with Crippen LogP contribution in [0.2, 0.25) is 0 Å². The highest BCUT2D eigenvalue weighted by atomic mass is 19.2. The van der Waals surface area contributed by atoms with E-state index >= 15 is 0 Å². The summed E-state index contributed by atoms with van der Waals surface area (Å²) in [5, 5.41) is 0. The summed E-state index contributed by atoms with van der Waals surface area (Å²) >= 11 is 0. The molecule has 0 amide bonds. The Morgan fingerprint density at radius 3 is 2.32 bits per heavy atom. The van der Waals surface area contributed by atoms with Crippen molar-refractivity contribution in [3.63, 3.8) is 0 Å². The Hall–Kier alpha value is -1.03. The minimum Gasteiger partial charge on any atom is -0.324 e. The van der Waals surface area contributed by atoms with Crippen molar-refractivity contribution in [2.45, 2.75) is 45.1 Å². The second kappa shape index (κ2) is 5.95. The van der Waals surface area contributed by atoms with Crippen LogP contribution in [0, 0.1) is 29.3 Å². The standard InChI is InChI=1S/C15H20F3N/c1-2-9-3-5-10(6-4-9)15(19)11-7-8-12(16)14(18)13(11)17/h7-10,15H,2-6,19H2,1H3. The van der Waals surface area contributed by atoms with Gasteiger partial charge < -0.3 is 5.73 Å². The summed E-state index contributed by atoms with van der Waals surface area (Å²) < 4.78 is 39.9. The van der Waals surface area contributed by atoms with Crippen molar-refractivity contribution in [1.82, 2.24) is 0 Å². The van der Waals surface area contributed by atoms with Crippen LogP contribution in [-0.2, 0) is 0 Å². The van der Waals surface area contributed by atoms with Crippen LogP contribution in [0.5, 0.6) is 0 Å². The number of benzene rings is 1. The Balaban J connectivity index is 2.12. The average Bonchev–Trinajstić information content (AvgIpc) is 2.44. The van der Waals surface area contributed by atoms with E-state index in [1.807, 2.05) is 0 Å². The van der Waals surface area contributed by atoms with E-state index in [4.69, 9.17) is 5.73 Å². The molecule has 1 nitrogen and oxygen atoms in total. The van der Waals surface area contributed by atoms with Gasteiger partial charge in [-0.3, -0.25) is 0 Å². The highest BCUT2D eigenvalue weighted by Gasteiger charge is 2.28. The summed E-state index contributed by atoms with van der Waals surface area (Å²) in [5.74, 6) is -2.84. The molecule has 0 heterocycles. The molecule has 0 aliphatic heterocycles. The second-order valence-corrected chi connectivity index (χ2v) is 5.48. The zero-order valence-electron chi connectivity index (χ0n) is 11.1. The number of nitrogens with two attached hydrogens (primary N) is 1. The Labute approximate surface area is 112 Å². The van der Waals surface area contributed by atoms with E-state index in [1.54, 1.807) is 0 Å². The maximum Gasteiger partial charge on any atom is 0.194 e. The maximum absolute atomic E-state index is 13.7. The van der Waals surface area contributed by atoms with Gasteiger partial charge in [0.05, 0.1) is 0 Å². The van der Waals surface area contributed by atoms with E-state index < -0.39 is 23.5 Å². The van der Waals surface area contributed by atoms with Crippen LogP contribution in [-0.4, -0.2) is 0 Å². The fraction of sp³-hybridized carbons (Fsp3) is 0.600. The molecule has 1 unspecified atom stereocenters. The van der Waals surface area contributed by atoms with Gasteiger partial charge in [0.1, 0.15) is 0 Å². The van der Waals surface area contributed by atoms with Crippen LogP contribution in [0.4, 0.5) is 13.2 Å². The fourth-order valence-electron chi connectivity index (χ4n) is 3.01. The van der Waals surface area contributed by atoms with Gasteiger partial charge in [-0.2, -0.15) is 0 Å². The van der Waals surface area contributed by atoms with Gasteiger partial charge in [-0.15, -0.1) is 0 Å². The average molecular weight is 271 g/mol. The molecule has 1 aliphatic carbocycles. The molecule has 0 radical (unpaired) electrons. The van der Waals surface area contributed by atoms with E-state index in [2.05, 4.69) is 6.92 Å². The molecule has 1 aromatic carbocycles. The van der Waals surface area contributed by atoms with Crippen LogP contribution < -0.4 is 5.73 Å². The smallest absolute Gasteiger partial charge is 0.194 e. The zero-order chi connectivity index (χ0) is 14.0. The van der Waals surface area contributed by atoms with E-state index in [-0.39, 0.29) is 11.5 Å². The van der Waals surface area contributed by atoms with Gasteiger partial charge in [0.25, 0.3) is 0 Å². The molecule has 4 heteroatoms. The van der Waals surface area contributed by atoms with Gasteiger partial charge in [0.2, 0.25) is 0 Å². The Kier molecular flexibility index (Phi) is 4.50. The molecule has 0 spiro atoms. The molecule has 1 atom stereocenters. The lowest BCUT2D eigenvalue weighted by Crippen LogP contribution is -2.27. The highest BCUT2D eigenvalue weighted by Crippen LogP contribution is 2.37. The van der Waals surface area contributed by atoms with E-state index in [1.165, 1.54) is 6.07 Å². The maximum atomic E-state index is 13.7. The van der Waals surface area contributed by atoms with Crippen LogP contribution in [0.15, 0.2) is 12.1 Å². The largest absolute Gasteiger partial charge is 0.324 e. The molecule has 1 saturated carbocycles. The molecule has 1 aromatic rings. The van der Waals surface area contributed by atoms with Crippen molar-refractivity contribution < 1.29 is 13.2 Å². The van der Waals surface area contributed by atoms with Crippen molar-refractivity contribution in [3.05, 3.63) is 35.1 Å². The van der Waals surface area contributed by atoms with Gasteiger partial charge in [-0.25, -0.2) is 13.2 Å². The summed E-state index contributed by atoms with van der Waals surface area (Å²) in [6.45, 7) is 2.17. The van der Waals surface area contributed by atoms with Crippen molar-refractivity contribution in [2.75, 3.05) is 0 Å². The van der Waals surface area contributed by atoms with Gasteiger partial charge in [0, 0.05) is 11.6 Å². The monoisotopic (exact) mass is 271 g/mol. The van der Waals surface area contributed by atoms with Crippen LogP contribution in [0.1, 0.15) is 50.6 Å². The molecule has 2 N–H and O–H groups in total. The molecule has 0 aromatic heterocycles. The predicted octanol–water partition coefficient (Wildman–Crippen LogP) is 4.32. The number of halogens is 3. The summed E-state index contributed by atoms with van der Waals surface area (Å²) in [7, 11) is 0. The van der Waals surface area contributed by atoms with Crippen LogP contribution in [0.25, 0.3) is 0 Å². The van der Waals surface area contributed by atoms with Gasteiger partial charge >= 0.3 is 0 Å². The first-order chi connectivity index (χ1) is 9.04. The minimum atomic E-state index is -1.42. The predicted molar refractivity (Wildman–Crippen MR) is 69.0 cm³/mol. The Bertz CT molecular complexity index is 439. The lowest BCUT2D eigenvalue weighted by molar-refractivity contribution is 0.236. The normalized spacial score (nSPS) is 25.3. The van der Waals surface area contributed by atoms with Crippen LogP contribution in [0.3, 0.4) is 0 Å². The second-order valence-electron chi connectivity index (χ2n) is 5.48. The third kappa shape index (κ3) is 2.94. The van der Waals surface area contributed by atoms with Crippen molar-refractivity contribution in [2.24, 2.45) is 17.6 Å². The Morgan fingerprint density at radius 2 is 1.74 bits per heavy atom. The van der Waals surface area contributed by atoms with Crippen LogP contribution >= 0.6 is 0 Å². The molecule has 19 heavy (non-hydrogen) atoms. The quantitative estimate of drug-likeness (QED) is 0.814. The van der Waals surface area contributed by atoms with Gasteiger partial charge in [0.15, 0.2) is 17.5 Å². The van der Waals surface area contributed by atoms with Gasteiger partial charge in [-0.05, 0) is 30.7 Å². The lowest BCUT2D eigenvalue weighted by Gasteiger charge is -2.32. The zero-order valence-corrected chi connectivity index (χ0v) is 11.1. The summed E-state index contributed by atoms with van der Waals surface area (Å²) in [6, 6.07) is 1.67. The van der Waals surface area contributed by atoms with E-state index in [0.717, 1.165) is 44.1 Å². The molecular weight excluding hydrogens is 251 g/mol. The molecule has 0 saturated heterocycles. The molecule has 1 fully saturated rings. The molecule has 1 aliphatic rings. The fourth-order valence-corrected chi connectivity index (χ4v) is 3.01. The molecular formula is C15H20F3N. The number of hydrogen-bond acceptors (Lipinski definition) is 1. The first-order valence-corrected chi connectivity index (χ1v) is 6.93.